The minimum atomic E-state index is 0.0453. The molecule has 2 aliphatic heterocycles. The Bertz CT molecular complexity index is 1040. The minimum absolute atomic E-state index is 0.0453. The number of ether oxygens (including phenoxy) is 2. The third-order valence-electron chi connectivity index (χ3n) is 5.48. The molecule has 0 saturated carbocycles. The third kappa shape index (κ3) is 2.97. The molecule has 144 valence electrons. The molecule has 0 aliphatic carbocycles. The maximum atomic E-state index is 12.8. The zero-order valence-corrected chi connectivity index (χ0v) is 15.8. The first-order valence-electron chi connectivity index (χ1n) is 9.53. The largest absolute Gasteiger partial charge is 0.454 e. The highest BCUT2D eigenvalue weighted by Crippen LogP contribution is 2.32. The van der Waals surface area contributed by atoms with Gasteiger partial charge in [0.25, 0.3) is 5.91 Å². The Morgan fingerprint density at radius 1 is 1.07 bits per heavy atom. The smallest absolute Gasteiger partial charge is 0.254 e. The Labute approximate surface area is 163 Å². The van der Waals surface area contributed by atoms with Gasteiger partial charge in [-0.05, 0) is 37.3 Å². The lowest BCUT2D eigenvalue weighted by molar-refractivity contribution is 0.0626. The predicted octanol–water partition coefficient (Wildman–Crippen LogP) is 2.33. The van der Waals surface area contributed by atoms with Crippen LogP contribution in [-0.2, 0) is 6.54 Å². The number of imidazole rings is 1. The van der Waals surface area contributed by atoms with Gasteiger partial charge in [-0.2, -0.15) is 0 Å². The van der Waals surface area contributed by atoms with E-state index in [-0.39, 0.29) is 12.7 Å². The molecule has 4 heterocycles. The molecule has 1 amide bonds. The number of hydrogen-bond donors (Lipinski definition) is 0. The van der Waals surface area contributed by atoms with Gasteiger partial charge in [0.15, 0.2) is 11.5 Å². The average Bonchev–Trinajstić information content (AvgIpc) is 3.32. The van der Waals surface area contributed by atoms with Gasteiger partial charge < -0.3 is 18.8 Å². The third-order valence-corrected chi connectivity index (χ3v) is 5.48. The Morgan fingerprint density at radius 2 is 1.89 bits per heavy atom. The van der Waals surface area contributed by atoms with Crippen molar-refractivity contribution in [2.45, 2.75) is 13.5 Å². The molecule has 2 aromatic heterocycles. The molecule has 0 atom stereocenters. The minimum Gasteiger partial charge on any atom is -0.454 e. The summed E-state index contributed by atoms with van der Waals surface area (Å²) >= 11 is 0. The molecule has 0 radical (unpaired) electrons. The van der Waals surface area contributed by atoms with Crippen LogP contribution in [0.5, 0.6) is 11.5 Å². The Balaban J connectivity index is 1.25. The topological polar surface area (TPSA) is 59.3 Å². The van der Waals surface area contributed by atoms with Crippen LogP contribution in [-0.4, -0.2) is 58.1 Å². The van der Waals surface area contributed by atoms with Crippen LogP contribution < -0.4 is 9.47 Å². The summed E-state index contributed by atoms with van der Waals surface area (Å²) in [5.41, 5.74) is 3.90. The molecule has 1 aromatic carbocycles. The average molecular weight is 378 g/mol. The molecule has 1 saturated heterocycles. The molecule has 3 aromatic rings. The lowest BCUT2D eigenvalue weighted by Crippen LogP contribution is -2.48. The summed E-state index contributed by atoms with van der Waals surface area (Å²) in [6.45, 7) is 6.22. The number of piperazine rings is 1. The van der Waals surface area contributed by atoms with Gasteiger partial charge in [-0.25, -0.2) is 4.98 Å². The van der Waals surface area contributed by atoms with Crippen molar-refractivity contribution in [1.29, 1.82) is 0 Å². The van der Waals surface area contributed by atoms with E-state index in [1.54, 1.807) is 12.1 Å². The highest BCUT2D eigenvalue weighted by atomic mass is 16.7. The van der Waals surface area contributed by atoms with E-state index in [0.29, 0.717) is 30.2 Å². The maximum Gasteiger partial charge on any atom is 0.254 e. The molecule has 1 fully saturated rings. The van der Waals surface area contributed by atoms with Crippen molar-refractivity contribution >= 4 is 11.6 Å². The summed E-state index contributed by atoms with van der Waals surface area (Å²) in [5, 5.41) is 0. The van der Waals surface area contributed by atoms with Crippen LogP contribution in [0, 0.1) is 6.92 Å². The van der Waals surface area contributed by atoms with Crippen molar-refractivity contribution < 1.29 is 14.3 Å². The van der Waals surface area contributed by atoms with Crippen molar-refractivity contribution in [3.8, 4) is 11.5 Å². The van der Waals surface area contributed by atoms with Crippen LogP contribution in [0.3, 0.4) is 0 Å². The monoisotopic (exact) mass is 378 g/mol. The van der Waals surface area contributed by atoms with Crippen molar-refractivity contribution in [2.24, 2.45) is 0 Å². The number of carbonyl (C=O) groups is 1. The summed E-state index contributed by atoms with van der Waals surface area (Å²) in [6, 6.07) is 11.5. The van der Waals surface area contributed by atoms with E-state index in [1.165, 1.54) is 5.69 Å². The molecule has 2 aliphatic rings. The summed E-state index contributed by atoms with van der Waals surface area (Å²) in [6.07, 6.45) is 2.06. The predicted molar refractivity (Wildman–Crippen MR) is 104 cm³/mol. The lowest BCUT2D eigenvalue weighted by Gasteiger charge is -2.34. The number of fused-ring (bicyclic) bond motifs is 2. The number of aryl methyl sites for hydroxylation is 1. The molecular formula is C21H22N4O3. The molecule has 5 rings (SSSR count). The zero-order valence-electron chi connectivity index (χ0n) is 15.8. The van der Waals surface area contributed by atoms with Gasteiger partial charge in [0.05, 0.1) is 11.4 Å². The van der Waals surface area contributed by atoms with Gasteiger partial charge in [0.1, 0.15) is 5.65 Å². The van der Waals surface area contributed by atoms with E-state index in [4.69, 9.17) is 9.47 Å². The van der Waals surface area contributed by atoms with Gasteiger partial charge in [0, 0.05) is 44.5 Å². The highest BCUT2D eigenvalue weighted by Gasteiger charge is 2.25. The quantitative estimate of drug-likeness (QED) is 0.700. The normalized spacial score (nSPS) is 16.7. The number of rotatable bonds is 3. The van der Waals surface area contributed by atoms with Crippen LogP contribution in [0.4, 0.5) is 0 Å². The second kappa shape index (κ2) is 6.83. The van der Waals surface area contributed by atoms with Crippen LogP contribution in [0.1, 0.15) is 21.7 Å². The van der Waals surface area contributed by atoms with Crippen molar-refractivity contribution in [2.75, 3.05) is 33.0 Å². The first kappa shape index (κ1) is 17.1. The van der Waals surface area contributed by atoms with Crippen molar-refractivity contribution in [3.05, 3.63) is 59.5 Å². The van der Waals surface area contributed by atoms with Crippen molar-refractivity contribution in [3.63, 3.8) is 0 Å². The molecule has 7 heteroatoms. The van der Waals surface area contributed by atoms with E-state index in [0.717, 1.165) is 31.0 Å². The number of pyridine rings is 1. The van der Waals surface area contributed by atoms with E-state index in [9.17, 15) is 4.79 Å². The van der Waals surface area contributed by atoms with E-state index in [2.05, 4.69) is 27.4 Å². The van der Waals surface area contributed by atoms with Crippen LogP contribution >= 0.6 is 0 Å². The summed E-state index contributed by atoms with van der Waals surface area (Å²) in [7, 11) is 0. The van der Waals surface area contributed by atoms with E-state index < -0.39 is 0 Å². The first-order chi connectivity index (χ1) is 13.7. The van der Waals surface area contributed by atoms with Gasteiger partial charge in [-0.3, -0.25) is 9.69 Å². The molecule has 7 nitrogen and oxygen atoms in total. The number of benzene rings is 1. The fourth-order valence-corrected chi connectivity index (χ4v) is 3.89. The van der Waals surface area contributed by atoms with Crippen LogP contribution in [0.15, 0.2) is 42.6 Å². The van der Waals surface area contributed by atoms with Crippen molar-refractivity contribution in [1.82, 2.24) is 19.2 Å². The summed E-state index contributed by atoms with van der Waals surface area (Å²) in [4.78, 5) is 21.8. The highest BCUT2D eigenvalue weighted by molar-refractivity contribution is 5.95. The maximum absolute atomic E-state index is 12.8. The fraction of sp³-hybridized carbons (Fsp3) is 0.333. The van der Waals surface area contributed by atoms with Crippen LogP contribution in [0.2, 0.25) is 0 Å². The Morgan fingerprint density at radius 3 is 2.75 bits per heavy atom. The SMILES string of the molecule is Cc1nc2ccccn2c1CN1CCN(C(=O)c2ccc3c(c2)OCO3)CC1. The number of nitrogens with zero attached hydrogens (tertiary/aromatic N) is 4. The second-order valence-electron chi connectivity index (χ2n) is 7.21. The van der Waals surface area contributed by atoms with Gasteiger partial charge >= 0.3 is 0 Å². The molecular weight excluding hydrogens is 356 g/mol. The Kier molecular flexibility index (Phi) is 4.16. The van der Waals surface area contributed by atoms with Gasteiger partial charge in [-0.15, -0.1) is 0 Å². The Hall–Kier alpha value is -3.06. The standard InChI is InChI=1S/C21H22N4O3/c1-15-17(25-7-3-2-4-20(25)22-15)13-23-8-10-24(11-9-23)21(26)16-5-6-18-19(12-16)28-14-27-18/h2-7,12H,8-11,13-14H2,1H3. The molecule has 0 unspecified atom stereocenters. The zero-order chi connectivity index (χ0) is 19.1. The van der Waals surface area contributed by atoms with E-state index in [1.807, 2.05) is 29.2 Å². The molecule has 28 heavy (non-hydrogen) atoms. The molecule has 0 N–H and O–H groups in total. The lowest BCUT2D eigenvalue weighted by atomic mass is 10.1. The number of amides is 1. The van der Waals surface area contributed by atoms with Gasteiger partial charge in [0.2, 0.25) is 6.79 Å². The summed E-state index contributed by atoms with van der Waals surface area (Å²) in [5.74, 6) is 1.39. The van der Waals surface area contributed by atoms with Gasteiger partial charge in [-0.1, -0.05) is 6.07 Å². The second-order valence-corrected chi connectivity index (χ2v) is 7.21. The summed E-state index contributed by atoms with van der Waals surface area (Å²) < 4.78 is 12.9. The van der Waals surface area contributed by atoms with Crippen LogP contribution in [0.25, 0.3) is 5.65 Å². The first-order valence-corrected chi connectivity index (χ1v) is 9.53. The number of hydrogen-bond acceptors (Lipinski definition) is 5. The molecule has 0 spiro atoms. The number of aromatic nitrogens is 2. The molecule has 0 bridgehead atoms. The van der Waals surface area contributed by atoms with E-state index >= 15 is 0 Å². The fourth-order valence-electron chi connectivity index (χ4n) is 3.89. The number of carbonyl (C=O) groups excluding carboxylic acids is 1.